The molecule has 0 radical (unpaired) electrons. The summed E-state index contributed by atoms with van der Waals surface area (Å²) in [5, 5.41) is 4.04. The predicted molar refractivity (Wildman–Crippen MR) is 103 cm³/mol. The topological polar surface area (TPSA) is 70.6 Å². The van der Waals surface area contributed by atoms with Crippen LogP contribution in [0.2, 0.25) is 0 Å². The number of ether oxygens (including phenoxy) is 1. The van der Waals surface area contributed by atoms with Crippen molar-refractivity contribution in [1.29, 1.82) is 0 Å². The number of aromatic nitrogens is 2. The molecule has 1 N–H and O–H groups in total. The Morgan fingerprint density at radius 2 is 2.15 bits per heavy atom. The van der Waals surface area contributed by atoms with Gasteiger partial charge in [-0.15, -0.1) is 11.3 Å². The summed E-state index contributed by atoms with van der Waals surface area (Å²) in [6, 6.07) is 0. The van der Waals surface area contributed by atoms with Gasteiger partial charge in [-0.2, -0.15) is 0 Å². The second kappa shape index (κ2) is 7.46. The Kier molecular flexibility index (Phi) is 5.06. The molecule has 0 aliphatic carbocycles. The normalized spacial score (nSPS) is 21.5. The van der Waals surface area contributed by atoms with Gasteiger partial charge in [0.25, 0.3) is 5.91 Å². The van der Waals surface area contributed by atoms with Gasteiger partial charge in [0.2, 0.25) is 0 Å². The maximum atomic E-state index is 12.7. The van der Waals surface area contributed by atoms with Crippen molar-refractivity contribution in [2.75, 3.05) is 51.3 Å². The van der Waals surface area contributed by atoms with Crippen LogP contribution in [0.15, 0.2) is 6.33 Å². The Labute approximate surface area is 157 Å². The Balaban J connectivity index is 1.58. The highest BCUT2D eigenvalue weighted by Gasteiger charge is 2.24. The summed E-state index contributed by atoms with van der Waals surface area (Å²) in [7, 11) is 2.14. The van der Waals surface area contributed by atoms with Crippen LogP contribution in [0.1, 0.15) is 28.1 Å². The van der Waals surface area contributed by atoms with Gasteiger partial charge in [-0.25, -0.2) is 9.97 Å². The number of fused-ring (bicyclic) bond motifs is 1. The molecule has 4 heterocycles. The van der Waals surface area contributed by atoms with Crippen molar-refractivity contribution in [3.8, 4) is 0 Å². The molecule has 140 valence electrons. The van der Waals surface area contributed by atoms with E-state index in [0.29, 0.717) is 6.54 Å². The van der Waals surface area contributed by atoms with Crippen molar-refractivity contribution in [2.45, 2.75) is 25.9 Å². The third kappa shape index (κ3) is 3.41. The lowest BCUT2D eigenvalue weighted by Crippen LogP contribution is -2.44. The number of amides is 1. The molecular weight excluding hydrogens is 350 g/mol. The molecule has 0 spiro atoms. The van der Waals surface area contributed by atoms with Crippen molar-refractivity contribution >= 4 is 33.3 Å². The minimum absolute atomic E-state index is 0.0367. The maximum Gasteiger partial charge on any atom is 0.261 e. The van der Waals surface area contributed by atoms with E-state index in [1.54, 1.807) is 6.33 Å². The van der Waals surface area contributed by atoms with Gasteiger partial charge in [-0.3, -0.25) is 4.79 Å². The molecular formula is C18H25N5O2S. The van der Waals surface area contributed by atoms with Crippen molar-refractivity contribution in [1.82, 2.24) is 20.2 Å². The number of hydrogen-bond acceptors (Lipinski definition) is 7. The van der Waals surface area contributed by atoms with Crippen LogP contribution in [0.4, 0.5) is 5.82 Å². The quantitative estimate of drug-likeness (QED) is 0.876. The summed E-state index contributed by atoms with van der Waals surface area (Å²) < 4.78 is 5.59. The first-order valence-corrected chi connectivity index (χ1v) is 10.0. The van der Waals surface area contributed by atoms with Gasteiger partial charge < -0.3 is 19.9 Å². The predicted octanol–water partition coefficient (Wildman–Crippen LogP) is 1.66. The van der Waals surface area contributed by atoms with E-state index in [-0.39, 0.29) is 12.0 Å². The first-order chi connectivity index (χ1) is 12.6. The number of nitrogens with one attached hydrogen (secondary N) is 1. The van der Waals surface area contributed by atoms with Crippen LogP contribution in [-0.4, -0.2) is 73.3 Å². The number of aryl methyl sites for hydroxylation is 1. The molecule has 0 saturated carbocycles. The fourth-order valence-corrected chi connectivity index (χ4v) is 4.68. The summed E-state index contributed by atoms with van der Waals surface area (Å²) in [6.07, 6.45) is 3.85. The Bertz CT molecular complexity index is 794. The smallest absolute Gasteiger partial charge is 0.261 e. The first-order valence-electron chi connectivity index (χ1n) is 9.21. The zero-order valence-electron chi connectivity index (χ0n) is 15.3. The Morgan fingerprint density at radius 3 is 2.88 bits per heavy atom. The Hall–Kier alpha value is -1.77. The maximum absolute atomic E-state index is 12.7. The molecule has 0 unspecified atom stereocenters. The highest BCUT2D eigenvalue weighted by Crippen LogP contribution is 2.35. The van der Waals surface area contributed by atoms with Crippen molar-refractivity contribution in [3.63, 3.8) is 0 Å². The van der Waals surface area contributed by atoms with Crippen LogP contribution in [0.25, 0.3) is 10.2 Å². The van der Waals surface area contributed by atoms with Gasteiger partial charge in [0.05, 0.1) is 16.4 Å². The number of thiophene rings is 1. The lowest BCUT2D eigenvalue weighted by molar-refractivity contribution is 0.0860. The third-order valence-electron chi connectivity index (χ3n) is 5.23. The molecule has 1 amide bonds. The summed E-state index contributed by atoms with van der Waals surface area (Å²) in [5.41, 5.74) is 0.976. The monoisotopic (exact) mass is 375 g/mol. The molecule has 2 saturated heterocycles. The van der Waals surface area contributed by atoms with Crippen LogP contribution in [0.5, 0.6) is 0 Å². The van der Waals surface area contributed by atoms with Crippen LogP contribution in [0, 0.1) is 6.92 Å². The largest absolute Gasteiger partial charge is 0.376 e. The molecule has 2 fully saturated rings. The van der Waals surface area contributed by atoms with Crippen LogP contribution >= 0.6 is 11.3 Å². The van der Waals surface area contributed by atoms with Crippen molar-refractivity contribution in [3.05, 3.63) is 16.8 Å². The SMILES string of the molecule is Cc1c(C(=O)NC[C@H]2CCCO2)sc2ncnc(N3CCN(C)CC3)c12. The average molecular weight is 375 g/mol. The molecule has 2 aromatic heterocycles. The van der Waals surface area contributed by atoms with Crippen LogP contribution in [0.3, 0.4) is 0 Å². The molecule has 0 bridgehead atoms. The van der Waals surface area contributed by atoms with Gasteiger partial charge in [0.1, 0.15) is 17.0 Å². The fourth-order valence-electron chi connectivity index (χ4n) is 3.62. The molecule has 26 heavy (non-hydrogen) atoms. The van der Waals surface area contributed by atoms with E-state index in [9.17, 15) is 4.79 Å². The molecule has 1 atom stereocenters. The van der Waals surface area contributed by atoms with Crippen LogP contribution < -0.4 is 10.2 Å². The molecule has 2 aliphatic heterocycles. The fraction of sp³-hybridized carbons (Fsp3) is 0.611. The average Bonchev–Trinajstić information content (AvgIpc) is 3.28. The number of anilines is 1. The second-order valence-electron chi connectivity index (χ2n) is 7.07. The zero-order valence-corrected chi connectivity index (χ0v) is 16.1. The molecule has 7 nitrogen and oxygen atoms in total. The van der Waals surface area contributed by atoms with E-state index >= 15 is 0 Å². The van der Waals surface area contributed by atoms with E-state index in [0.717, 1.165) is 72.1 Å². The van der Waals surface area contributed by atoms with Crippen LogP contribution in [-0.2, 0) is 4.74 Å². The lowest BCUT2D eigenvalue weighted by Gasteiger charge is -2.33. The summed E-state index contributed by atoms with van der Waals surface area (Å²) in [4.78, 5) is 27.9. The number of piperazine rings is 1. The number of rotatable bonds is 4. The molecule has 2 aromatic rings. The van der Waals surface area contributed by atoms with E-state index in [4.69, 9.17) is 4.74 Å². The minimum atomic E-state index is -0.0367. The first kappa shape index (κ1) is 17.6. The molecule has 2 aliphatic rings. The van der Waals surface area contributed by atoms with E-state index in [1.807, 2.05) is 6.92 Å². The highest BCUT2D eigenvalue weighted by molar-refractivity contribution is 7.20. The number of carbonyl (C=O) groups is 1. The molecule has 4 rings (SSSR count). The van der Waals surface area contributed by atoms with Gasteiger partial charge in [-0.05, 0) is 32.4 Å². The number of carbonyl (C=O) groups excluding carboxylic acids is 1. The molecule has 8 heteroatoms. The summed E-state index contributed by atoms with van der Waals surface area (Å²) >= 11 is 1.45. The van der Waals surface area contributed by atoms with Gasteiger partial charge in [0.15, 0.2) is 0 Å². The lowest BCUT2D eigenvalue weighted by atomic mass is 10.1. The van der Waals surface area contributed by atoms with Crippen molar-refractivity contribution in [2.24, 2.45) is 0 Å². The standard InChI is InChI=1S/C18H25N5O2S/c1-12-14-16(23-7-5-22(2)6-8-23)20-11-21-18(14)26-15(12)17(24)19-10-13-4-3-9-25-13/h11,13H,3-10H2,1-2H3,(H,19,24)/t13-/m1/s1. The Morgan fingerprint density at radius 1 is 1.35 bits per heavy atom. The van der Waals surface area contributed by atoms with Gasteiger partial charge >= 0.3 is 0 Å². The van der Waals surface area contributed by atoms with E-state index in [2.05, 4.69) is 32.1 Å². The highest BCUT2D eigenvalue weighted by atomic mass is 32.1. The summed E-state index contributed by atoms with van der Waals surface area (Å²) in [6.45, 7) is 7.29. The van der Waals surface area contributed by atoms with E-state index < -0.39 is 0 Å². The van der Waals surface area contributed by atoms with Gasteiger partial charge in [-0.1, -0.05) is 0 Å². The van der Waals surface area contributed by atoms with Crippen molar-refractivity contribution < 1.29 is 9.53 Å². The number of hydrogen-bond donors (Lipinski definition) is 1. The third-order valence-corrected chi connectivity index (χ3v) is 6.43. The molecule has 0 aromatic carbocycles. The summed E-state index contributed by atoms with van der Waals surface area (Å²) in [5.74, 6) is 0.917. The zero-order chi connectivity index (χ0) is 18.1. The second-order valence-corrected chi connectivity index (χ2v) is 8.07. The van der Waals surface area contributed by atoms with Gasteiger partial charge in [0, 0.05) is 39.3 Å². The number of likely N-dealkylation sites (N-methyl/N-ethyl adjacent to an activating group) is 1. The number of nitrogens with zero attached hydrogens (tertiary/aromatic N) is 4. The minimum Gasteiger partial charge on any atom is -0.376 e. The van der Waals surface area contributed by atoms with E-state index in [1.165, 1.54) is 11.3 Å².